The second kappa shape index (κ2) is 9.00. The van der Waals surface area contributed by atoms with E-state index in [9.17, 15) is 4.79 Å². The van der Waals surface area contributed by atoms with Gasteiger partial charge in [0.25, 0.3) is 5.91 Å². The van der Waals surface area contributed by atoms with Crippen molar-refractivity contribution in [2.45, 2.75) is 6.92 Å². The van der Waals surface area contributed by atoms with Gasteiger partial charge >= 0.3 is 0 Å². The zero-order chi connectivity index (χ0) is 24.5. The first-order chi connectivity index (χ1) is 17.6. The summed E-state index contributed by atoms with van der Waals surface area (Å²) >= 11 is 0. The van der Waals surface area contributed by atoms with Gasteiger partial charge in [-0.3, -0.25) is 4.79 Å². The van der Waals surface area contributed by atoms with Gasteiger partial charge in [0.1, 0.15) is 5.56 Å². The Balaban J connectivity index is 1.46. The van der Waals surface area contributed by atoms with Crippen LogP contribution in [-0.2, 0) is 0 Å². The number of fused-ring (bicyclic) bond motifs is 2. The maximum Gasteiger partial charge on any atom is 0.263 e. The predicted octanol–water partition coefficient (Wildman–Crippen LogP) is 6.85. The Bertz CT molecular complexity index is 1710. The van der Waals surface area contributed by atoms with E-state index in [0.29, 0.717) is 22.7 Å². The number of aromatic nitrogens is 3. The van der Waals surface area contributed by atoms with E-state index in [4.69, 9.17) is 4.98 Å². The monoisotopic (exact) mass is 469 g/mol. The number of aryl methyl sites for hydroxylation is 1. The number of anilines is 3. The number of benzene rings is 4. The molecule has 2 N–H and O–H groups in total. The Hall–Kier alpha value is -4.97. The standard InChI is InChI=1S/C30H23N5O/c1-20-11-15-25(16-12-20)32-30(36)27-28(31-24-9-3-2-4-10-24)34-35-18-17-26(33-29(27)35)23-14-13-21-7-5-6-8-22(21)19-23/h2-19H,1H3,(H,31,34)(H,32,36). The molecule has 36 heavy (non-hydrogen) atoms. The van der Waals surface area contributed by atoms with Crippen LogP contribution in [0.2, 0.25) is 0 Å². The molecule has 0 radical (unpaired) electrons. The molecule has 2 aromatic heterocycles. The summed E-state index contributed by atoms with van der Waals surface area (Å²) in [7, 11) is 0. The number of carbonyl (C=O) groups is 1. The molecule has 0 fully saturated rings. The molecule has 6 aromatic rings. The van der Waals surface area contributed by atoms with Crippen LogP contribution in [0.15, 0.2) is 109 Å². The first-order valence-corrected chi connectivity index (χ1v) is 11.7. The van der Waals surface area contributed by atoms with E-state index < -0.39 is 0 Å². The molecule has 6 heteroatoms. The highest BCUT2D eigenvalue weighted by Crippen LogP contribution is 2.28. The fraction of sp³-hybridized carbons (Fsp3) is 0.0333. The van der Waals surface area contributed by atoms with Crippen LogP contribution in [0, 0.1) is 6.92 Å². The summed E-state index contributed by atoms with van der Waals surface area (Å²) in [5.74, 6) is 0.157. The summed E-state index contributed by atoms with van der Waals surface area (Å²) in [6, 6.07) is 33.7. The second-order valence-electron chi connectivity index (χ2n) is 8.68. The van der Waals surface area contributed by atoms with E-state index >= 15 is 0 Å². The van der Waals surface area contributed by atoms with Crippen LogP contribution in [0.5, 0.6) is 0 Å². The van der Waals surface area contributed by atoms with Gasteiger partial charge in [0.2, 0.25) is 0 Å². The maximum absolute atomic E-state index is 13.6. The molecule has 0 unspecified atom stereocenters. The smallest absolute Gasteiger partial charge is 0.263 e. The summed E-state index contributed by atoms with van der Waals surface area (Å²) in [6.07, 6.45) is 1.84. The topological polar surface area (TPSA) is 71.3 Å². The van der Waals surface area contributed by atoms with E-state index in [0.717, 1.165) is 27.9 Å². The summed E-state index contributed by atoms with van der Waals surface area (Å²) in [6.45, 7) is 2.01. The molecule has 0 aliphatic heterocycles. The van der Waals surface area contributed by atoms with Crippen LogP contribution in [0.1, 0.15) is 15.9 Å². The van der Waals surface area contributed by atoms with Gasteiger partial charge in [0.15, 0.2) is 11.5 Å². The van der Waals surface area contributed by atoms with Crippen molar-refractivity contribution in [2.24, 2.45) is 0 Å². The van der Waals surface area contributed by atoms with Crippen LogP contribution < -0.4 is 10.6 Å². The Morgan fingerprint density at radius 1 is 0.778 bits per heavy atom. The number of nitrogens with zero attached hydrogens (tertiary/aromatic N) is 3. The Labute approximate surface area is 208 Å². The number of carbonyl (C=O) groups excluding carboxylic acids is 1. The molecule has 0 aliphatic carbocycles. The van der Waals surface area contributed by atoms with Crippen molar-refractivity contribution in [1.29, 1.82) is 0 Å². The molecular formula is C30H23N5O. The largest absolute Gasteiger partial charge is 0.338 e. The summed E-state index contributed by atoms with van der Waals surface area (Å²) in [4.78, 5) is 18.5. The molecule has 0 saturated carbocycles. The van der Waals surface area contributed by atoms with E-state index in [1.165, 1.54) is 5.39 Å². The average Bonchev–Trinajstić information content (AvgIpc) is 3.27. The minimum Gasteiger partial charge on any atom is -0.338 e. The van der Waals surface area contributed by atoms with Crippen LogP contribution in [0.4, 0.5) is 17.2 Å². The van der Waals surface area contributed by atoms with Crippen molar-refractivity contribution in [3.8, 4) is 11.3 Å². The molecule has 6 nitrogen and oxygen atoms in total. The number of nitrogens with one attached hydrogen (secondary N) is 2. The highest BCUT2D eigenvalue weighted by Gasteiger charge is 2.22. The average molecular weight is 470 g/mol. The third-order valence-corrected chi connectivity index (χ3v) is 6.10. The van der Waals surface area contributed by atoms with Gasteiger partial charge in [-0.15, -0.1) is 5.10 Å². The number of para-hydroxylation sites is 1. The molecule has 0 aliphatic rings. The van der Waals surface area contributed by atoms with E-state index in [1.807, 2.05) is 92.0 Å². The number of hydrogen-bond donors (Lipinski definition) is 2. The van der Waals surface area contributed by atoms with Gasteiger partial charge in [-0.05, 0) is 54.1 Å². The quantitative estimate of drug-likeness (QED) is 0.290. The number of amides is 1. The number of hydrogen-bond acceptors (Lipinski definition) is 4. The Morgan fingerprint density at radius 3 is 2.33 bits per heavy atom. The normalized spacial score (nSPS) is 11.0. The highest BCUT2D eigenvalue weighted by atomic mass is 16.1. The van der Waals surface area contributed by atoms with E-state index in [-0.39, 0.29) is 5.91 Å². The van der Waals surface area contributed by atoms with Crippen LogP contribution >= 0.6 is 0 Å². The molecule has 6 rings (SSSR count). The van der Waals surface area contributed by atoms with Crippen LogP contribution in [0.3, 0.4) is 0 Å². The van der Waals surface area contributed by atoms with E-state index in [1.54, 1.807) is 4.52 Å². The van der Waals surface area contributed by atoms with Gasteiger partial charge in [0, 0.05) is 23.1 Å². The van der Waals surface area contributed by atoms with Crippen molar-refractivity contribution < 1.29 is 4.79 Å². The Morgan fingerprint density at radius 2 is 1.53 bits per heavy atom. The van der Waals surface area contributed by atoms with E-state index in [2.05, 4.69) is 40.0 Å². The molecule has 0 spiro atoms. The first-order valence-electron chi connectivity index (χ1n) is 11.7. The van der Waals surface area contributed by atoms with Gasteiger partial charge in [0.05, 0.1) is 5.69 Å². The molecule has 0 atom stereocenters. The van der Waals surface area contributed by atoms with Crippen molar-refractivity contribution in [3.05, 3.63) is 120 Å². The minimum absolute atomic E-state index is 0.282. The van der Waals surface area contributed by atoms with Gasteiger partial charge < -0.3 is 10.6 Å². The van der Waals surface area contributed by atoms with Crippen LogP contribution in [-0.4, -0.2) is 20.5 Å². The third-order valence-electron chi connectivity index (χ3n) is 6.10. The van der Waals surface area contributed by atoms with Crippen LogP contribution in [0.25, 0.3) is 27.7 Å². The second-order valence-corrected chi connectivity index (χ2v) is 8.68. The van der Waals surface area contributed by atoms with Crippen molar-refractivity contribution in [3.63, 3.8) is 0 Å². The molecule has 0 bridgehead atoms. The predicted molar refractivity (Wildman–Crippen MR) is 145 cm³/mol. The molecule has 174 valence electrons. The summed E-state index contributed by atoms with van der Waals surface area (Å²) in [5.41, 5.74) is 5.26. The first kappa shape index (κ1) is 21.6. The third kappa shape index (κ3) is 4.16. The fourth-order valence-electron chi connectivity index (χ4n) is 4.22. The van der Waals surface area contributed by atoms with Gasteiger partial charge in [-0.1, -0.05) is 72.3 Å². The molecular weight excluding hydrogens is 446 g/mol. The zero-order valence-electron chi connectivity index (χ0n) is 19.6. The number of rotatable bonds is 5. The molecule has 4 aromatic carbocycles. The highest BCUT2D eigenvalue weighted by molar-refractivity contribution is 6.12. The SMILES string of the molecule is Cc1ccc(NC(=O)c2c(Nc3ccccc3)nn3ccc(-c4ccc5ccccc5c4)nc23)cc1. The Kier molecular flexibility index (Phi) is 5.39. The lowest BCUT2D eigenvalue weighted by Gasteiger charge is -2.08. The van der Waals surface area contributed by atoms with Crippen molar-refractivity contribution in [2.75, 3.05) is 10.6 Å². The lowest BCUT2D eigenvalue weighted by atomic mass is 10.1. The molecule has 1 amide bonds. The lowest BCUT2D eigenvalue weighted by Crippen LogP contribution is -2.14. The van der Waals surface area contributed by atoms with Gasteiger partial charge in [-0.2, -0.15) is 0 Å². The van der Waals surface area contributed by atoms with Crippen molar-refractivity contribution in [1.82, 2.24) is 14.6 Å². The van der Waals surface area contributed by atoms with Gasteiger partial charge in [-0.25, -0.2) is 9.50 Å². The fourth-order valence-corrected chi connectivity index (χ4v) is 4.22. The maximum atomic E-state index is 13.6. The lowest BCUT2D eigenvalue weighted by molar-refractivity contribution is 0.102. The summed E-state index contributed by atoms with van der Waals surface area (Å²) < 4.78 is 1.64. The summed E-state index contributed by atoms with van der Waals surface area (Å²) in [5, 5.41) is 13.2. The minimum atomic E-state index is -0.282. The molecule has 0 saturated heterocycles. The molecule has 2 heterocycles. The van der Waals surface area contributed by atoms with Crippen molar-refractivity contribution >= 4 is 39.5 Å². The zero-order valence-corrected chi connectivity index (χ0v) is 19.6.